The van der Waals surface area contributed by atoms with Gasteiger partial charge in [-0.1, -0.05) is 48.5 Å². The molecule has 0 bridgehead atoms. The summed E-state index contributed by atoms with van der Waals surface area (Å²) in [5.74, 6) is -0.239. The molecule has 8 heteroatoms. The van der Waals surface area contributed by atoms with Crippen LogP contribution in [0.1, 0.15) is 6.92 Å². The molecule has 0 fully saturated rings. The van der Waals surface area contributed by atoms with Crippen molar-refractivity contribution >= 4 is 33.0 Å². The summed E-state index contributed by atoms with van der Waals surface area (Å²) in [7, 11) is -0.621. The van der Waals surface area contributed by atoms with E-state index in [1.807, 2.05) is 61.5 Å². The third-order valence-corrected chi connectivity index (χ3v) is 6.67. The lowest BCUT2D eigenvalue weighted by molar-refractivity contribution is -0.114. The summed E-state index contributed by atoms with van der Waals surface area (Å²) in [6, 6.07) is 22.2. The van der Waals surface area contributed by atoms with Crippen molar-refractivity contribution in [3.8, 4) is 11.1 Å². The van der Waals surface area contributed by atoms with Crippen molar-refractivity contribution in [3.63, 3.8) is 0 Å². The highest BCUT2D eigenvalue weighted by molar-refractivity contribution is 7.89. The van der Waals surface area contributed by atoms with Gasteiger partial charge in [0.05, 0.1) is 22.8 Å². The molecule has 0 aliphatic heterocycles. The Morgan fingerprint density at radius 3 is 2.22 bits per heavy atom. The predicted octanol–water partition coefficient (Wildman–Crippen LogP) is 4.09. The second-order valence-electron chi connectivity index (χ2n) is 7.34. The van der Waals surface area contributed by atoms with E-state index in [4.69, 9.17) is 0 Å². The molecular formula is C24H28N4O3S. The topological polar surface area (TPSA) is 90.5 Å². The summed E-state index contributed by atoms with van der Waals surface area (Å²) in [5.41, 5.74) is 3.91. The quantitative estimate of drug-likeness (QED) is 0.455. The average Bonchev–Trinajstić information content (AvgIpc) is 2.79. The second-order valence-corrected chi connectivity index (χ2v) is 9.49. The molecule has 3 aromatic carbocycles. The highest BCUT2D eigenvalue weighted by Gasteiger charge is 2.19. The second kappa shape index (κ2) is 10.3. The van der Waals surface area contributed by atoms with Gasteiger partial charge >= 0.3 is 0 Å². The number of amides is 1. The van der Waals surface area contributed by atoms with E-state index in [2.05, 4.69) is 16.0 Å². The van der Waals surface area contributed by atoms with E-state index in [0.29, 0.717) is 17.9 Å². The number of para-hydroxylation sites is 1. The summed E-state index contributed by atoms with van der Waals surface area (Å²) >= 11 is 0. The van der Waals surface area contributed by atoms with Crippen molar-refractivity contribution < 1.29 is 13.2 Å². The molecule has 3 aromatic rings. The third kappa shape index (κ3) is 5.46. The molecule has 0 atom stereocenters. The van der Waals surface area contributed by atoms with Gasteiger partial charge < -0.3 is 16.0 Å². The molecule has 0 unspecified atom stereocenters. The van der Waals surface area contributed by atoms with E-state index >= 15 is 0 Å². The molecule has 3 N–H and O–H groups in total. The summed E-state index contributed by atoms with van der Waals surface area (Å²) in [6.45, 7) is 2.58. The monoisotopic (exact) mass is 452 g/mol. The number of hydrogen-bond donors (Lipinski definition) is 3. The fraction of sp³-hybridized carbons (Fsp3) is 0.208. The number of anilines is 3. The van der Waals surface area contributed by atoms with Gasteiger partial charge in [0.2, 0.25) is 15.9 Å². The molecule has 32 heavy (non-hydrogen) atoms. The molecule has 1 amide bonds. The Kier molecular flexibility index (Phi) is 7.50. The molecule has 0 saturated heterocycles. The van der Waals surface area contributed by atoms with Crippen molar-refractivity contribution in [2.24, 2.45) is 0 Å². The van der Waals surface area contributed by atoms with Crippen molar-refractivity contribution in [3.05, 3.63) is 72.8 Å². The van der Waals surface area contributed by atoms with E-state index < -0.39 is 10.0 Å². The molecule has 3 rings (SSSR count). The molecule has 0 heterocycles. The number of nitrogens with zero attached hydrogens (tertiary/aromatic N) is 1. The third-order valence-electron chi connectivity index (χ3n) is 4.86. The first-order valence-corrected chi connectivity index (χ1v) is 11.8. The fourth-order valence-corrected chi connectivity index (χ4v) is 4.15. The number of hydrogen-bond acceptors (Lipinski definition) is 5. The van der Waals surface area contributed by atoms with Crippen molar-refractivity contribution in [1.82, 2.24) is 4.31 Å². The van der Waals surface area contributed by atoms with E-state index in [0.717, 1.165) is 21.1 Å². The Morgan fingerprint density at radius 1 is 0.844 bits per heavy atom. The van der Waals surface area contributed by atoms with Gasteiger partial charge in [-0.15, -0.1) is 0 Å². The zero-order chi connectivity index (χ0) is 23.1. The fourth-order valence-electron chi connectivity index (χ4n) is 3.22. The normalized spacial score (nSPS) is 11.2. The van der Waals surface area contributed by atoms with Crippen LogP contribution in [0.4, 0.5) is 17.1 Å². The minimum absolute atomic E-state index is 0.0208. The molecule has 168 valence electrons. The minimum Gasteiger partial charge on any atom is -0.384 e. The summed E-state index contributed by atoms with van der Waals surface area (Å²) in [4.78, 5) is 12.9. The summed E-state index contributed by atoms with van der Waals surface area (Å²) in [6.07, 6.45) is 0. The zero-order valence-corrected chi connectivity index (χ0v) is 19.2. The zero-order valence-electron chi connectivity index (χ0n) is 18.4. The largest absolute Gasteiger partial charge is 0.384 e. The molecule has 0 radical (unpaired) electrons. The lowest BCUT2D eigenvalue weighted by Gasteiger charge is -2.17. The van der Waals surface area contributed by atoms with Crippen LogP contribution in [0.2, 0.25) is 0 Å². The van der Waals surface area contributed by atoms with Crippen LogP contribution in [-0.4, -0.2) is 45.8 Å². The number of carbonyl (C=O) groups excluding carboxylic acids is 1. The first-order chi connectivity index (χ1) is 15.3. The van der Waals surface area contributed by atoms with Crippen LogP contribution in [0.3, 0.4) is 0 Å². The van der Waals surface area contributed by atoms with Gasteiger partial charge in [-0.3, -0.25) is 4.79 Å². The Labute approximate surface area is 189 Å². The van der Waals surface area contributed by atoms with Gasteiger partial charge in [0.15, 0.2) is 0 Å². The van der Waals surface area contributed by atoms with Gasteiger partial charge in [-0.2, -0.15) is 0 Å². The van der Waals surface area contributed by atoms with Gasteiger partial charge in [0.1, 0.15) is 0 Å². The van der Waals surface area contributed by atoms with Crippen LogP contribution in [0.5, 0.6) is 0 Å². The Hall–Kier alpha value is -3.36. The lowest BCUT2D eigenvalue weighted by atomic mass is 10.0. The maximum absolute atomic E-state index is 12.7. The Bertz CT molecular complexity index is 1180. The van der Waals surface area contributed by atoms with Crippen molar-refractivity contribution in [1.29, 1.82) is 0 Å². The van der Waals surface area contributed by atoms with Gasteiger partial charge in [-0.05, 0) is 36.8 Å². The molecule has 0 saturated carbocycles. The van der Waals surface area contributed by atoms with Crippen LogP contribution in [0.25, 0.3) is 11.1 Å². The minimum atomic E-state index is -3.59. The van der Waals surface area contributed by atoms with Gasteiger partial charge in [0, 0.05) is 31.9 Å². The molecular weight excluding hydrogens is 424 g/mol. The standard InChI is InChI=1S/C24H28N4O3S/c1-4-25-22-15-14-19(32(30,31)28(2)3)16-23(22)26-17-24(29)27-21-13-9-8-12-20(21)18-10-6-5-7-11-18/h5-16,25-26H,4,17H2,1-3H3,(H,27,29). The van der Waals surface area contributed by atoms with Crippen LogP contribution in [0, 0.1) is 0 Å². The van der Waals surface area contributed by atoms with E-state index in [-0.39, 0.29) is 17.3 Å². The Balaban J connectivity index is 1.78. The lowest BCUT2D eigenvalue weighted by Crippen LogP contribution is -2.24. The molecule has 0 spiro atoms. The van der Waals surface area contributed by atoms with Crippen LogP contribution >= 0.6 is 0 Å². The maximum Gasteiger partial charge on any atom is 0.243 e. The smallest absolute Gasteiger partial charge is 0.243 e. The molecule has 0 aromatic heterocycles. The highest BCUT2D eigenvalue weighted by atomic mass is 32.2. The van der Waals surface area contributed by atoms with Gasteiger partial charge in [0.25, 0.3) is 0 Å². The first kappa shape index (κ1) is 23.3. The van der Waals surface area contributed by atoms with E-state index in [1.165, 1.54) is 14.1 Å². The SMILES string of the molecule is CCNc1ccc(S(=O)(=O)N(C)C)cc1NCC(=O)Nc1ccccc1-c1ccccc1. The van der Waals surface area contributed by atoms with Crippen molar-refractivity contribution in [2.75, 3.05) is 43.1 Å². The first-order valence-electron chi connectivity index (χ1n) is 10.3. The molecule has 7 nitrogen and oxygen atoms in total. The van der Waals surface area contributed by atoms with E-state index in [9.17, 15) is 13.2 Å². The molecule has 0 aliphatic carbocycles. The molecule has 0 aliphatic rings. The summed E-state index contributed by atoms with van der Waals surface area (Å²) < 4.78 is 26.2. The highest BCUT2D eigenvalue weighted by Crippen LogP contribution is 2.28. The number of sulfonamides is 1. The van der Waals surface area contributed by atoms with Crippen LogP contribution in [-0.2, 0) is 14.8 Å². The number of rotatable bonds is 9. The average molecular weight is 453 g/mol. The van der Waals surface area contributed by atoms with Crippen molar-refractivity contribution in [2.45, 2.75) is 11.8 Å². The number of carbonyl (C=O) groups is 1. The van der Waals surface area contributed by atoms with E-state index in [1.54, 1.807) is 18.2 Å². The van der Waals surface area contributed by atoms with Gasteiger partial charge in [-0.25, -0.2) is 12.7 Å². The van der Waals surface area contributed by atoms with Crippen LogP contribution in [0.15, 0.2) is 77.7 Å². The summed E-state index contributed by atoms with van der Waals surface area (Å²) in [5, 5.41) is 9.20. The predicted molar refractivity (Wildman–Crippen MR) is 130 cm³/mol. The Morgan fingerprint density at radius 2 is 1.53 bits per heavy atom. The number of nitrogens with one attached hydrogen (secondary N) is 3. The maximum atomic E-state index is 12.7. The van der Waals surface area contributed by atoms with Crippen LogP contribution < -0.4 is 16.0 Å². The number of benzene rings is 3.